The van der Waals surface area contributed by atoms with E-state index in [2.05, 4.69) is 5.32 Å². The highest BCUT2D eigenvalue weighted by molar-refractivity contribution is 7.89. The maximum Gasteiger partial charge on any atom is 0.271 e. The molecule has 2 aromatic rings. The smallest absolute Gasteiger partial charge is 0.271 e. The van der Waals surface area contributed by atoms with E-state index in [9.17, 15) is 12.8 Å². The predicted molar refractivity (Wildman–Crippen MR) is 68.5 cm³/mol. The Balaban J connectivity index is 2.11. The number of benzene rings is 1. The molecule has 0 radical (unpaired) electrons. The van der Waals surface area contributed by atoms with Crippen LogP contribution in [-0.4, -0.2) is 8.42 Å². The molecule has 1 aromatic carbocycles. The number of hydrogen-bond donors (Lipinski definition) is 2. The normalized spacial score (nSPS) is 11.5. The van der Waals surface area contributed by atoms with Crippen LogP contribution in [0.25, 0.3) is 0 Å². The van der Waals surface area contributed by atoms with Crippen LogP contribution in [0, 0.1) is 12.7 Å². The second kappa shape index (κ2) is 5.02. The molecular weight excluding hydrogens is 271 g/mol. The van der Waals surface area contributed by atoms with E-state index >= 15 is 0 Å². The zero-order valence-corrected chi connectivity index (χ0v) is 11.0. The highest BCUT2D eigenvalue weighted by Gasteiger charge is 2.13. The minimum atomic E-state index is -3.83. The predicted octanol–water partition coefficient (Wildman–Crippen LogP) is 1.99. The number of nitrogens with two attached hydrogens (primary N) is 1. The molecule has 0 amide bonds. The average Bonchev–Trinajstić information content (AvgIpc) is 2.79. The van der Waals surface area contributed by atoms with E-state index in [1.54, 1.807) is 6.07 Å². The summed E-state index contributed by atoms with van der Waals surface area (Å²) in [4.78, 5) is 0. The molecule has 0 bridgehead atoms. The molecule has 0 unspecified atom stereocenters. The molecule has 2 rings (SSSR count). The highest BCUT2D eigenvalue weighted by atomic mass is 32.2. The highest BCUT2D eigenvalue weighted by Crippen LogP contribution is 2.18. The maximum atomic E-state index is 13.1. The molecular formula is C12H13FN2O3S. The molecule has 1 heterocycles. The molecule has 5 nitrogen and oxygen atoms in total. The van der Waals surface area contributed by atoms with Crippen LogP contribution in [0.15, 0.2) is 39.8 Å². The van der Waals surface area contributed by atoms with Gasteiger partial charge in [-0.1, -0.05) is 6.07 Å². The zero-order valence-electron chi connectivity index (χ0n) is 10.2. The second-order valence-corrected chi connectivity index (χ2v) is 5.57. The molecule has 0 aliphatic heterocycles. The number of anilines is 1. The van der Waals surface area contributed by atoms with Crippen LogP contribution in [0.1, 0.15) is 11.3 Å². The molecule has 1 aromatic heterocycles. The summed E-state index contributed by atoms with van der Waals surface area (Å²) in [6.45, 7) is 2.07. The number of sulfonamides is 1. The molecule has 3 N–H and O–H groups in total. The van der Waals surface area contributed by atoms with E-state index in [1.165, 1.54) is 24.3 Å². The molecule has 0 saturated carbocycles. The summed E-state index contributed by atoms with van der Waals surface area (Å²) < 4.78 is 40.2. The molecule has 0 atom stereocenters. The molecule has 0 aliphatic carbocycles. The topological polar surface area (TPSA) is 85.3 Å². The summed E-state index contributed by atoms with van der Waals surface area (Å²) in [6, 6.07) is 7.16. The van der Waals surface area contributed by atoms with Gasteiger partial charge in [-0.2, -0.15) is 0 Å². The first-order chi connectivity index (χ1) is 8.86. The minimum absolute atomic E-state index is 0.236. The van der Waals surface area contributed by atoms with Gasteiger partial charge in [-0.05, 0) is 36.8 Å². The van der Waals surface area contributed by atoms with E-state index in [-0.39, 0.29) is 17.5 Å². The van der Waals surface area contributed by atoms with Crippen LogP contribution < -0.4 is 10.5 Å². The van der Waals surface area contributed by atoms with Gasteiger partial charge in [0.05, 0.1) is 6.54 Å². The molecule has 19 heavy (non-hydrogen) atoms. The Kier molecular flexibility index (Phi) is 3.59. The molecule has 7 heteroatoms. The Morgan fingerprint density at radius 3 is 2.68 bits per heavy atom. The van der Waals surface area contributed by atoms with Crippen molar-refractivity contribution >= 4 is 15.7 Å². The van der Waals surface area contributed by atoms with Crippen molar-refractivity contribution in [1.29, 1.82) is 0 Å². The zero-order chi connectivity index (χ0) is 14.0. The monoisotopic (exact) mass is 284 g/mol. The second-order valence-electron chi connectivity index (χ2n) is 4.08. The lowest BCUT2D eigenvalue weighted by Crippen LogP contribution is -2.10. The molecule has 0 spiro atoms. The van der Waals surface area contributed by atoms with Crippen molar-refractivity contribution in [2.24, 2.45) is 5.14 Å². The van der Waals surface area contributed by atoms with Crippen LogP contribution in [0.4, 0.5) is 10.1 Å². The first kappa shape index (κ1) is 13.6. The van der Waals surface area contributed by atoms with Gasteiger partial charge in [0.2, 0.25) is 5.09 Å². The molecule has 0 fully saturated rings. The number of halogens is 1. The van der Waals surface area contributed by atoms with Crippen molar-refractivity contribution in [1.82, 2.24) is 0 Å². The number of primary sulfonamides is 1. The van der Waals surface area contributed by atoms with Crippen molar-refractivity contribution in [2.75, 3.05) is 5.32 Å². The van der Waals surface area contributed by atoms with Gasteiger partial charge in [-0.25, -0.2) is 17.9 Å². The van der Waals surface area contributed by atoms with Gasteiger partial charge in [0.1, 0.15) is 11.6 Å². The SMILES string of the molecule is Cc1ccc(F)cc1NCc1ccc(S(N)(=O)=O)o1. The number of aryl methyl sites for hydroxylation is 1. The van der Waals surface area contributed by atoms with Gasteiger partial charge in [-0.3, -0.25) is 0 Å². The Hall–Kier alpha value is -1.86. The van der Waals surface area contributed by atoms with Crippen LogP contribution >= 0.6 is 0 Å². The van der Waals surface area contributed by atoms with E-state index in [0.717, 1.165) is 5.56 Å². The summed E-state index contributed by atoms with van der Waals surface area (Å²) in [5.74, 6) is 0.0467. The Morgan fingerprint density at radius 2 is 2.05 bits per heavy atom. The van der Waals surface area contributed by atoms with Crippen molar-refractivity contribution in [2.45, 2.75) is 18.6 Å². The van der Waals surface area contributed by atoms with Gasteiger partial charge in [0.15, 0.2) is 0 Å². The quantitative estimate of drug-likeness (QED) is 0.899. The third-order valence-electron chi connectivity index (χ3n) is 2.57. The number of nitrogens with one attached hydrogen (secondary N) is 1. The molecule has 0 saturated heterocycles. The Morgan fingerprint density at radius 1 is 1.32 bits per heavy atom. The average molecular weight is 284 g/mol. The Labute approximate surface area is 110 Å². The third-order valence-corrected chi connectivity index (χ3v) is 3.35. The van der Waals surface area contributed by atoms with Gasteiger partial charge in [0, 0.05) is 5.69 Å². The largest absolute Gasteiger partial charge is 0.446 e. The van der Waals surface area contributed by atoms with E-state index in [0.29, 0.717) is 11.4 Å². The lowest BCUT2D eigenvalue weighted by molar-refractivity contribution is 0.419. The summed E-state index contributed by atoms with van der Waals surface area (Å²) in [7, 11) is -3.83. The van der Waals surface area contributed by atoms with E-state index in [1.807, 2.05) is 6.92 Å². The summed E-state index contributed by atoms with van der Waals surface area (Å²) in [6.07, 6.45) is 0. The lowest BCUT2D eigenvalue weighted by atomic mass is 10.2. The number of hydrogen-bond acceptors (Lipinski definition) is 4. The summed E-state index contributed by atoms with van der Waals surface area (Å²) in [5, 5.41) is 7.60. The molecule has 102 valence electrons. The third kappa shape index (κ3) is 3.33. The number of furan rings is 1. The van der Waals surface area contributed by atoms with Gasteiger partial charge < -0.3 is 9.73 Å². The summed E-state index contributed by atoms with van der Waals surface area (Å²) in [5.41, 5.74) is 1.49. The lowest BCUT2D eigenvalue weighted by Gasteiger charge is -2.07. The minimum Gasteiger partial charge on any atom is -0.446 e. The van der Waals surface area contributed by atoms with Crippen LogP contribution in [0.5, 0.6) is 0 Å². The number of rotatable bonds is 4. The van der Waals surface area contributed by atoms with Crippen LogP contribution in [0.3, 0.4) is 0 Å². The fourth-order valence-electron chi connectivity index (χ4n) is 1.57. The van der Waals surface area contributed by atoms with Gasteiger partial charge >= 0.3 is 0 Å². The van der Waals surface area contributed by atoms with Crippen molar-refractivity contribution in [3.63, 3.8) is 0 Å². The van der Waals surface area contributed by atoms with Crippen LogP contribution in [0.2, 0.25) is 0 Å². The Bertz CT molecular complexity index is 695. The first-order valence-corrected chi connectivity index (χ1v) is 7.02. The van der Waals surface area contributed by atoms with Gasteiger partial charge in [0.25, 0.3) is 10.0 Å². The van der Waals surface area contributed by atoms with E-state index in [4.69, 9.17) is 9.56 Å². The van der Waals surface area contributed by atoms with Crippen molar-refractivity contribution in [3.8, 4) is 0 Å². The van der Waals surface area contributed by atoms with Crippen molar-refractivity contribution in [3.05, 3.63) is 47.5 Å². The van der Waals surface area contributed by atoms with E-state index < -0.39 is 10.0 Å². The fourth-order valence-corrected chi connectivity index (χ4v) is 2.05. The summed E-state index contributed by atoms with van der Waals surface area (Å²) >= 11 is 0. The standard InChI is InChI=1S/C12H13FN2O3S/c1-8-2-3-9(13)6-11(8)15-7-10-4-5-12(18-10)19(14,16)17/h2-6,15H,7H2,1H3,(H2,14,16,17). The maximum absolute atomic E-state index is 13.1. The van der Waals surface area contributed by atoms with Crippen LogP contribution in [-0.2, 0) is 16.6 Å². The fraction of sp³-hybridized carbons (Fsp3) is 0.167. The van der Waals surface area contributed by atoms with Gasteiger partial charge in [-0.15, -0.1) is 0 Å². The molecule has 0 aliphatic rings. The first-order valence-electron chi connectivity index (χ1n) is 5.48. The van der Waals surface area contributed by atoms with Crippen molar-refractivity contribution < 1.29 is 17.2 Å².